The lowest BCUT2D eigenvalue weighted by Crippen LogP contribution is -2.45. The molecule has 1 rings (SSSR count). The summed E-state index contributed by atoms with van der Waals surface area (Å²) in [4.78, 5) is 11.1. The predicted octanol–water partition coefficient (Wildman–Crippen LogP) is 3.07. The van der Waals surface area contributed by atoms with Crippen LogP contribution in [0.3, 0.4) is 0 Å². The van der Waals surface area contributed by atoms with E-state index in [0.717, 1.165) is 24.3 Å². The molecule has 1 aromatic rings. The van der Waals surface area contributed by atoms with Crippen LogP contribution in [0.4, 0.5) is 32.0 Å². The molecule has 0 aromatic heterocycles. The van der Waals surface area contributed by atoms with Gasteiger partial charge in [-0.05, 0) is 24.3 Å². The van der Waals surface area contributed by atoms with E-state index in [1.165, 1.54) is 5.32 Å². The van der Waals surface area contributed by atoms with Crippen molar-refractivity contribution in [3.63, 3.8) is 0 Å². The van der Waals surface area contributed by atoms with E-state index in [2.05, 4.69) is 0 Å². The number of halogens is 6. The van der Waals surface area contributed by atoms with Crippen molar-refractivity contribution in [2.24, 2.45) is 5.92 Å². The van der Waals surface area contributed by atoms with Gasteiger partial charge in [-0.15, -0.1) is 0 Å². The number of benzene rings is 1. The third-order valence-electron chi connectivity index (χ3n) is 2.05. The van der Waals surface area contributed by atoms with Crippen molar-refractivity contribution in [3.8, 4) is 5.75 Å². The Morgan fingerprint density at radius 1 is 1.00 bits per heavy atom. The number of carbonyl (C=O) groups excluding carboxylic acids is 1. The first-order chi connectivity index (χ1) is 8.51. The molecule has 106 valence electrons. The van der Waals surface area contributed by atoms with Crippen molar-refractivity contribution in [2.45, 2.75) is 12.4 Å². The molecule has 19 heavy (non-hydrogen) atoms. The highest BCUT2D eigenvalue weighted by Crippen LogP contribution is 2.39. The molecule has 0 unspecified atom stereocenters. The van der Waals surface area contributed by atoms with Gasteiger partial charge >= 0.3 is 12.4 Å². The number of nitrogens with one attached hydrogen (secondary N) is 1. The zero-order valence-corrected chi connectivity index (χ0v) is 9.01. The van der Waals surface area contributed by atoms with Crippen LogP contribution >= 0.6 is 0 Å². The monoisotopic (exact) mass is 287 g/mol. The molecule has 1 aromatic carbocycles. The highest BCUT2D eigenvalue weighted by atomic mass is 19.4. The Morgan fingerprint density at radius 3 is 1.79 bits per heavy atom. The highest BCUT2D eigenvalue weighted by Gasteiger charge is 2.61. The Balaban J connectivity index is 2.93. The molecule has 0 atom stereocenters. The van der Waals surface area contributed by atoms with Gasteiger partial charge in [0.25, 0.3) is 0 Å². The van der Waals surface area contributed by atoms with Crippen LogP contribution in [0, 0.1) is 5.92 Å². The van der Waals surface area contributed by atoms with Crippen LogP contribution in [-0.4, -0.2) is 23.4 Å². The Labute approximate surface area is 102 Å². The van der Waals surface area contributed by atoms with E-state index < -0.39 is 24.2 Å². The van der Waals surface area contributed by atoms with Crippen LogP contribution in [0.25, 0.3) is 0 Å². The predicted molar refractivity (Wildman–Crippen MR) is 52.3 cm³/mol. The molecular weight excluding hydrogens is 280 g/mol. The van der Waals surface area contributed by atoms with Crippen LogP contribution in [-0.2, 0) is 4.79 Å². The second-order valence-corrected chi connectivity index (χ2v) is 3.55. The molecule has 0 saturated heterocycles. The number of phenols is 1. The van der Waals surface area contributed by atoms with E-state index in [9.17, 15) is 31.1 Å². The largest absolute Gasteiger partial charge is 0.508 e. The van der Waals surface area contributed by atoms with Crippen molar-refractivity contribution in [1.29, 1.82) is 0 Å². The summed E-state index contributed by atoms with van der Waals surface area (Å²) in [7, 11) is 0. The van der Waals surface area contributed by atoms with E-state index in [0.29, 0.717) is 0 Å². The number of carbonyl (C=O) groups is 1. The molecule has 3 nitrogen and oxygen atoms in total. The second kappa shape index (κ2) is 4.98. The average molecular weight is 287 g/mol. The van der Waals surface area contributed by atoms with Crippen LogP contribution in [0.5, 0.6) is 5.75 Å². The maximum absolute atomic E-state index is 12.2. The van der Waals surface area contributed by atoms with Gasteiger partial charge in [-0.1, -0.05) is 0 Å². The fourth-order valence-corrected chi connectivity index (χ4v) is 1.24. The third-order valence-corrected chi connectivity index (χ3v) is 2.05. The van der Waals surface area contributed by atoms with Crippen LogP contribution < -0.4 is 5.32 Å². The van der Waals surface area contributed by atoms with Crippen molar-refractivity contribution < 1.29 is 36.2 Å². The minimum atomic E-state index is -5.74. The highest BCUT2D eigenvalue weighted by molar-refractivity contribution is 5.93. The SMILES string of the molecule is O=C(Nc1ccc(O)cc1)C(C(F)(F)F)C(F)(F)F. The number of rotatable bonds is 2. The minimum Gasteiger partial charge on any atom is -0.508 e. The molecule has 0 fully saturated rings. The van der Waals surface area contributed by atoms with Gasteiger partial charge in [0.1, 0.15) is 5.75 Å². The van der Waals surface area contributed by atoms with E-state index in [1.807, 2.05) is 0 Å². The quantitative estimate of drug-likeness (QED) is 0.648. The molecule has 0 radical (unpaired) electrons. The molecule has 0 aliphatic rings. The standard InChI is InChI=1S/C10H7F6NO2/c11-9(12,13)7(10(14,15)16)8(19)17-5-1-3-6(18)4-2-5/h1-4,7,18H,(H,17,19). The molecule has 0 spiro atoms. The molecule has 0 aliphatic heterocycles. The lowest BCUT2D eigenvalue weighted by atomic mass is 10.1. The Hall–Kier alpha value is -1.93. The van der Waals surface area contributed by atoms with Gasteiger partial charge in [-0.25, -0.2) is 0 Å². The number of anilines is 1. The average Bonchev–Trinajstić information content (AvgIpc) is 2.16. The molecule has 0 saturated carbocycles. The summed E-state index contributed by atoms with van der Waals surface area (Å²) >= 11 is 0. The normalized spacial score (nSPS) is 12.6. The molecule has 0 bridgehead atoms. The van der Waals surface area contributed by atoms with Gasteiger partial charge < -0.3 is 10.4 Å². The fourth-order valence-electron chi connectivity index (χ4n) is 1.24. The number of phenolic OH excluding ortho intramolecular Hbond substituents is 1. The summed E-state index contributed by atoms with van der Waals surface area (Å²) in [6.07, 6.45) is -11.5. The zero-order chi connectivity index (χ0) is 14.8. The maximum atomic E-state index is 12.2. The first-order valence-electron chi connectivity index (χ1n) is 4.75. The van der Waals surface area contributed by atoms with Gasteiger partial charge in [0, 0.05) is 5.69 Å². The number of aromatic hydroxyl groups is 1. The van der Waals surface area contributed by atoms with Gasteiger partial charge in [-0.2, -0.15) is 26.3 Å². The van der Waals surface area contributed by atoms with Crippen molar-refractivity contribution in [2.75, 3.05) is 5.32 Å². The van der Waals surface area contributed by atoms with Crippen LogP contribution in [0.1, 0.15) is 0 Å². The Bertz CT molecular complexity index is 437. The van der Waals surface area contributed by atoms with E-state index in [1.54, 1.807) is 0 Å². The van der Waals surface area contributed by atoms with Gasteiger partial charge in [-0.3, -0.25) is 4.79 Å². The van der Waals surface area contributed by atoms with E-state index in [4.69, 9.17) is 5.11 Å². The number of hydrogen-bond donors (Lipinski definition) is 2. The first-order valence-corrected chi connectivity index (χ1v) is 4.75. The van der Waals surface area contributed by atoms with Gasteiger partial charge in [0.2, 0.25) is 11.8 Å². The van der Waals surface area contributed by atoms with E-state index in [-0.39, 0.29) is 11.4 Å². The van der Waals surface area contributed by atoms with Crippen molar-refractivity contribution in [1.82, 2.24) is 0 Å². The number of amides is 1. The second-order valence-electron chi connectivity index (χ2n) is 3.55. The summed E-state index contributed by atoms with van der Waals surface area (Å²) < 4.78 is 73.3. The lowest BCUT2D eigenvalue weighted by molar-refractivity contribution is -0.272. The Morgan fingerprint density at radius 2 is 1.42 bits per heavy atom. The van der Waals surface area contributed by atoms with E-state index >= 15 is 0 Å². The summed E-state index contributed by atoms with van der Waals surface area (Å²) in [5.74, 6) is -6.58. The zero-order valence-electron chi connectivity index (χ0n) is 9.01. The van der Waals surface area contributed by atoms with Crippen molar-refractivity contribution in [3.05, 3.63) is 24.3 Å². The maximum Gasteiger partial charge on any atom is 0.409 e. The molecule has 9 heteroatoms. The van der Waals surface area contributed by atoms with Gasteiger partial charge in [0.05, 0.1) is 0 Å². The molecule has 2 N–H and O–H groups in total. The van der Waals surface area contributed by atoms with Crippen LogP contribution in [0.2, 0.25) is 0 Å². The molecule has 0 heterocycles. The van der Waals surface area contributed by atoms with Gasteiger partial charge in [0.15, 0.2) is 0 Å². The summed E-state index contributed by atoms with van der Waals surface area (Å²) in [5.41, 5.74) is -0.290. The Kier molecular flexibility index (Phi) is 3.97. The molecular formula is C10H7F6NO2. The first kappa shape index (κ1) is 15.1. The molecule has 0 aliphatic carbocycles. The van der Waals surface area contributed by atoms with Crippen molar-refractivity contribution >= 4 is 11.6 Å². The molecule has 1 amide bonds. The lowest BCUT2D eigenvalue weighted by Gasteiger charge is -2.22. The summed E-state index contributed by atoms with van der Waals surface area (Å²) in [6, 6.07) is 3.95. The number of hydrogen-bond acceptors (Lipinski definition) is 2. The van der Waals surface area contributed by atoms with Crippen LogP contribution in [0.15, 0.2) is 24.3 Å². The summed E-state index contributed by atoms with van der Waals surface area (Å²) in [6.45, 7) is 0. The minimum absolute atomic E-state index is 0.249. The fraction of sp³-hybridized carbons (Fsp3) is 0.300. The third kappa shape index (κ3) is 4.04. The topological polar surface area (TPSA) is 49.3 Å². The number of alkyl halides is 6. The smallest absolute Gasteiger partial charge is 0.409 e. The summed E-state index contributed by atoms with van der Waals surface area (Å²) in [5, 5.41) is 10.4.